The molecule has 5 nitrogen and oxygen atoms in total. The van der Waals surface area contributed by atoms with Crippen LogP contribution in [-0.2, 0) is 0 Å². The van der Waals surface area contributed by atoms with Crippen LogP contribution >= 0.6 is 11.6 Å². The van der Waals surface area contributed by atoms with Crippen molar-refractivity contribution in [3.8, 4) is 0 Å². The van der Waals surface area contributed by atoms with E-state index in [9.17, 15) is 9.18 Å². The minimum atomic E-state index is -1.05. The molecule has 1 aliphatic rings. The monoisotopic (exact) mass is 334 g/mol. The molecule has 0 spiro atoms. The van der Waals surface area contributed by atoms with E-state index in [1.165, 1.54) is 12.4 Å². The van der Waals surface area contributed by atoms with Gasteiger partial charge in [0.25, 0.3) is 0 Å². The van der Waals surface area contributed by atoms with Crippen molar-refractivity contribution in [2.75, 3.05) is 23.3 Å². The van der Waals surface area contributed by atoms with Crippen LogP contribution in [0.1, 0.15) is 16.8 Å². The molecular formula is C16H16ClFN4O. The number of piperidine rings is 1. The van der Waals surface area contributed by atoms with Gasteiger partial charge in [0.1, 0.15) is 12.5 Å². The predicted octanol–water partition coefficient (Wildman–Crippen LogP) is 2.97. The first kappa shape index (κ1) is 15.7. The van der Waals surface area contributed by atoms with Crippen LogP contribution in [0.2, 0.25) is 5.02 Å². The molecule has 0 aliphatic carbocycles. The Balaban J connectivity index is 1.62. The summed E-state index contributed by atoms with van der Waals surface area (Å²) in [7, 11) is 0. The minimum absolute atomic E-state index is 0.283. The van der Waals surface area contributed by atoms with E-state index in [4.69, 9.17) is 11.6 Å². The fourth-order valence-electron chi connectivity index (χ4n) is 2.62. The van der Waals surface area contributed by atoms with Gasteiger partial charge in [0.15, 0.2) is 0 Å². The average molecular weight is 335 g/mol. The van der Waals surface area contributed by atoms with E-state index in [0.29, 0.717) is 29.5 Å². The molecular weight excluding hydrogens is 319 g/mol. The second kappa shape index (κ2) is 6.91. The number of alkyl halides is 1. The van der Waals surface area contributed by atoms with Gasteiger partial charge in [0.2, 0.25) is 5.95 Å². The van der Waals surface area contributed by atoms with Crippen LogP contribution in [0, 0.1) is 0 Å². The molecule has 0 amide bonds. The number of carbonyl (C=O) groups excluding carboxylic acids is 1. The number of halogens is 2. The van der Waals surface area contributed by atoms with Gasteiger partial charge < -0.3 is 10.2 Å². The smallest absolute Gasteiger partial charge is 0.222 e. The van der Waals surface area contributed by atoms with E-state index in [1.54, 1.807) is 12.1 Å². The molecule has 7 heteroatoms. The molecule has 2 aromatic rings. The Kier molecular flexibility index (Phi) is 4.71. The topological polar surface area (TPSA) is 58.1 Å². The first-order valence-corrected chi connectivity index (χ1v) is 7.72. The van der Waals surface area contributed by atoms with E-state index in [2.05, 4.69) is 15.3 Å². The average Bonchev–Trinajstić information content (AvgIpc) is 2.59. The first-order valence-electron chi connectivity index (χ1n) is 7.34. The summed E-state index contributed by atoms with van der Waals surface area (Å²) in [5.41, 5.74) is 1.53. The van der Waals surface area contributed by atoms with Gasteiger partial charge in [-0.3, -0.25) is 4.79 Å². The van der Waals surface area contributed by atoms with Gasteiger partial charge in [-0.1, -0.05) is 11.6 Å². The summed E-state index contributed by atoms with van der Waals surface area (Å²) in [6.45, 7) is 0.998. The third-order valence-corrected chi connectivity index (χ3v) is 4.07. The molecule has 2 atom stereocenters. The molecule has 0 bridgehead atoms. The van der Waals surface area contributed by atoms with Crippen LogP contribution in [0.4, 0.5) is 16.0 Å². The lowest BCUT2D eigenvalue weighted by Gasteiger charge is -2.36. The quantitative estimate of drug-likeness (QED) is 0.871. The molecule has 23 heavy (non-hydrogen) atoms. The number of carbonyl (C=O) groups is 1. The maximum atomic E-state index is 14.5. The van der Waals surface area contributed by atoms with Crippen molar-refractivity contribution in [1.29, 1.82) is 0 Å². The Morgan fingerprint density at radius 3 is 2.57 bits per heavy atom. The highest BCUT2D eigenvalue weighted by Crippen LogP contribution is 2.23. The van der Waals surface area contributed by atoms with Crippen molar-refractivity contribution in [3.63, 3.8) is 0 Å². The summed E-state index contributed by atoms with van der Waals surface area (Å²) in [5.74, 6) is 0.380. The molecule has 0 unspecified atom stereocenters. The molecule has 0 saturated carbocycles. The van der Waals surface area contributed by atoms with Crippen LogP contribution in [0.15, 0.2) is 36.7 Å². The van der Waals surface area contributed by atoms with E-state index in [-0.39, 0.29) is 12.6 Å². The summed E-state index contributed by atoms with van der Waals surface area (Å²) in [6, 6.07) is 6.82. The SMILES string of the molecule is O=Cc1ccc(N2CC[C@@H](Nc3ncc(Cl)cn3)[C@@H](F)C2)cc1. The maximum Gasteiger partial charge on any atom is 0.222 e. The van der Waals surface area contributed by atoms with E-state index in [1.807, 2.05) is 17.0 Å². The highest BCUT2D eigenvalue weighted by molar-refractivity contribution is 6.30. The van der Waals surface area contributed by atoms with E-state index >= 15 is 0 Å². The molecule has 3 rings (SSSR count). The second-order valence-corrected chi connectivity index (χ2v) is 5.87. The van der Waals surface area contributed by atoms with E-state index < -0.39 is 6.17 Å². The lowest BCUT2D eigenvalue weighted by Crippen LogP contribution is -2.48. The highest BCUT2D eigenvalue weighted by atomic mass is 35.5. The van der Waals surface area contributed by atoms with Crippen LogP contribution in [0.25, 0.3) is 0 Å². The van der Waals surface area contributed by atoms with Crippen LogP contribution in [0.3, 0.4) is 0 Å². The zero-order valence-electron chi connectivity index (χ0n) is 12.3. The molecule has 2 heterocycles. The van der Waals surface area contributed by atoms with Crippen molar-refractivity contribution in [2.24, 2.45) is 0 Å². The van der Waals surface area contributed by atoms with Crippen molar-refractivity contribution in [1.82, 2.24) is 9.97 Å². The lowest BCUT2D eigenvalue weighted by atomic mass is 10.0. The Labute approximate surface area is 138 Å². The van der Waals surface area contributed by atoms with Gasteiger partial charge >= 0.3 is 0 Å². The predicted molar refractivity (Wildman–Crippen MR) is 88.0 cm³/mol. The molecule has 1 aliphatic heterocycles. The zero-order chi connectivity index (χ0) is 16.2. The van der Waals surface area contributed by atoms with Gasteiger partial charge in [0, 0.05) is 17.8 Å². The molecule has 120 valence electrons. The Morgan fingerprint density at radius 1 is 1.26 bits per heavy atom. The fraction of sp³-hybridized carbons (Fsp3) is 0.312. The Bertz CT molecular complexity index is 665. The second-order valence-electron chi connectivity index (χ2n) is 5.44. The van der Waals surface area contributed by atoms with Crippen LogP contribution < -0.4 is 10.2 Å². The number of hydrogen-bond acceptors (Lipinski definition) is 5. The summed E-state index contributed by atoms with van der Waals surface area (Å²) in [6.07, 6.45) is 3.34. The van der Waals surface area contributed by atoms with E-state index in [0.717, 1.165) is 12.0 Å². The maximum absolute atomic E-state index is 14.5. The molecule has 1 N–H and O–H groups in total. The van der Waals surface area contributed by atoms with Crippen molar-refractivity contribution in [3.05, 3.63) is 47.2 Å². The molecule has 0 radical (unpaired) electrons. The standard InChI is InChI=1S/C16H16ClFN4O/c17-12-7-19-16(20-8-12)21-15-5-6-22(9-14(15)18)13-3-1-11(10-23)2-4-13/h1-4,7-8,10,14-15H,5-6,9H2,(H,19,20,21)/t14-,15+/m0/s1. The number of hydrogen-bond donors (Lipinski definition) is 1. The lowest BCUT2D eigenvalue weighted by molar-refractivity contribution is 0.112. The third kappa shape index (κ3) is 3.76. The largest absolute Gasteiger partial charge is 0.368 e. The number of nitrogens with one attached hydrogen (secondary N) is 1. The molecule has 1 saturated heterocycles. The van der Waals surface area contributed by atoms with Gasteiger partial charge in [0.05, 0.1) is 30.0 Å². The molecule has 1 fully saturated rings. The minimum Gasteiger partial charge on any atom is -0.368 e. The Hall–Kier alpha value is -2.21. The third-order valence-electron chi connectivity index (χ3n) is 3.87. The number of aldehydes is 1. The number of anilines is 2. The van der Waals surface area contributed by atoms with Gasteiger partial charge in [-0.15, -0.1) is 0 Å². The van der Waals surface area contributed by atoms with Gasteiger partial charge in [-0.05, 0) is 30.7 Å². The van der Waals surface area contributed by atoms with Gasteiger partial charge in [-0.25, -0.2) is 14.4 Å². The summed E-state index contributed by atoms with van der Waals surface area (Å²) in [4.78, 5) is 20.7. The number of aromatic nitrogens is 2. The number of benzene rings is 1. The normalized spacial score (nSPS) is 21.0. The Morgan fingerprint density at radius 2 is 1.96 bits per heavy atom. The number of nitrogens with zero attached hydrogens (tertiary/aromatic N) is 3. The van der Waals surface area contributed by atoms with Crippen molar-refractivity contribution in [2.45, 2.75) is 18.6 Å². The number of rotatable bonds is 4. The van der Waals surface area contributed by atoms with Crippen molar-refractivity contribution < 1.29 is 9.18 Å². The van der Waals surface area contributed by atoms with Crippen LogP contribution in [0.5, 0.6) is 0 Å². The summed E-state index contributed by atoms with van der Waals surface area (Å²) >= 11 is 5.74. The van der Waals surface area contributed by atoms with Crippen molar-refractivity contribution >= 4 is 29.5 Å². The first-order chi connectivity index (χ1) is 11.2. The zero-order valence-corrected chi connectivity index (χ0v) is 13.1. The van der Waals surface area contributed by atoms with Crippen LogP contribution in [-0.4, -0.2) is 41.6 Å². The van der Waals surface area contributed by atoms with Gasteiger partial charge in [-0.2, -0.15) is 0 Å². The molecule has 1 aromatic heterocycles. The highest BCUT2D eigenvalue weighted by Gasteiger charge is 2.29. The summed E-state index contributed by atoms with van der Waals surface area (Å²) in [5, 5.41) is 3.46. The molecule has 1 aromatic carbocycles. The fourth-order valence-corrected chi connectivity index (χ4v) is 2.72. The summed E-state index contributed by atoms with van der Waals surface area (Å²) < 4.78 is 14.5.